The average molecular weight is 512 g/mol. The first-order valence-electron chi connectivity index (χ1n) is 13.9. The minimum Gasteiger partial charge on any atom is -0.446 e. The third-order valence-electron chi connectivity index (χ3n) is 9.00. The van der Waals surface area contributed by atoms with Gasteiger partial charge in [-0.3, -0.25) is 0 Å². The van der Waals surface area contributed by atoms with Crippen molar-refractivity contribution in [3.8, 4) is 12.1 Å². The predicted molar refractivity (Wildman–Crippen MR) is 146 cm³/mol. The Kier molecular flexibility index (Phi) is 7.86. The monoisotopic (exact) mass is 511 g/mol. The lowest BCUT2D eigenvalue weighted by atomic mass is 9.59. The fourth-order valence-corrected chi connectivity index (χ4v) is 7.07. The minimum atomic E-state index is -0.661. The molecule has 7 nitrogen and oxygen atoms in total. The molecule has 198 valence electrons. The number of carbonyl (C=O) groups excluding carboxylic acids is 1. The number of nitrogens with zero attached hydrogens (tertiary/aromatic N) is 4. The van der Waals surface area contributed by atoms with Crippen LogP contribution in [0.2, 0.25) is 0 Å². The Labute approximate surface area is 226 Å². The summed E-state index contributed by atoms with van der Waals surface area (Å²) in [4.78, 5) is 17.1. The quantitative estimate of drug-likeness (QED) is 0.580. The van der Waals surface area contributed by atoms with Crippen molar-refractivity contribution >= 4 is 11.8 Å². The molecule has 1 aliphatic carbocycles. The molecule has 2 saturated heterocycles. The van der Waals surface area contributed by atoms with Gasteiger partial charge in [-0.05, 0) is 80.9 Å². The van der Waals surface area contributed by atoms with Crippen LogP contribution in [0.3, 0.4) is 0 Å². The van der Waals surface area contributed by atoms with Gasteiger partial charge in [0.15, 0.2) is 0 Å². The molecule has 0 radical (unpaired) electrons. The zero-order valence-electron chi connectivity index (χ0n) is 22.2. The zero-order valence-corrected chi connectivity index (χ0v) is 22.2. The van der Waals surface area contributed by atoms with Gasteiger partial charge in [0.05, 0.1) is 23.1 Å². The summed E-state index contributed by atoms with van der Waals surface area (Å²) in [5, 5.41) is 22.4. The van der Waals surface area contributed by atoms with Crippen LogP contribution in [0.4, 0.5) is 10.5 Å². The number of piperidine rings is 1. The number of benzene rings is 2. The van der Waals surface area contributed by atoms with Gasteiger partial charge in [0, 0.05) is 44.2 Å². The van der Waals surface area contributed by atoms with Crippen molar-refractivity contribution in [1.29, 1.82) is 10.5 Å². The molecule has 2 aliphatic heterocycles. The molecule has 2 heterocycles. The molecule has 0 bridgehead atoms. The highest BCUT2D eigenvalue weighted by molar-refractivity contribution is 5.67. The van der Waals surface area contributed by atoms with E-state index in [0.717, 1.165) is 70.4 Å². The van der Waals surface area contributed by atoms with Crippen LogP contribution in [0.15, 0.2) is 54.6 Å². The van der Waals surface area contributed by atoms with Crippen LogP contribution in [-0.2, 0) is 10.2 Å². The zero-order chi connectivity index (χ0) is 26.5. The van der Waals surface area contributed by atoms with E-state index < -0.39 is 11.5 Å². The summed E-state index contributed by atoms with van der Waals surface area (Å²) >= 11 is 0. The molecule has 3 unspecified atom stereocenters. The molecule has 0 aromatic heterocycles. The van der Waals surface area contributed by atoms with Gasteiger partial charge in [0.1, 0.15) is 6.10 Å². The summed E-state index contributed by atoms with van der Waals surface area (Å²) in [6, 6.07) is 23.1. The fraction of sp³-hybridized carbons (Fsp3) is 0.516. The van der Waals surface area contributed by atoms with Gasteiger partial charge in [0.25, 0.3) is 0 Å². The normalized spacial score (nSPS) is 24.0. The minimum absolute atomic E-state index is 0.00337. The van der Waals surface area contributed by atoms with E-state index in [9.17, 15) is 10.1 Å². The van der Waals surface area contributed by atoms with Crippen molar-refractivity contribution in [3.05, 3.63) is 65.7 Å². The molecule has 5 rings (SSSR count). The number of likely N-dealkylation sites (tertiary alicyclic amines) is 1. The Morgan fingerprint density at radius 2 is 1.74 bits per heavy atom. The second kappa shape index (κ2) is 11.5. The number of amides is 1. The number of ether oxygens (including phenoxy) is 1. The van der Waals surface area contributed by atoms with E-state index in [0.29, 0.717) is 11.5 Å². The Balaban J connectivity index is 1.24. The number of nitriles is 2. The summed E-state index contributed by atoms with van der Waals surface area (Å²) in [7, 11) is 1.59. The van der Waals surface area contributed by atoms with E-state index in [2.05, 4.69) is 39.4 Å². The van der Waals surface area contributed by atoms with Gasteiger partial charge in [0.2, 0.25) is 0 Å². The van der Waals surface area contributed by atoms with Gasteiger partial charge in [-0.25, -0.2) is 4.79 Å². The molecule has 3 atom stereocenters. The van der Waals surface area contributed by atoms with E-state index in [1.807, 2.05) is 42.5 Å². The van der Waals surface area contributed by atoms with E-state index in [1.165, 1.54) is 5.69 Å². The van der Waals surface area contributed by atoms with Crippen LogP contribution in [-0.4, -0.2) is 56.9 Å². The molecule has 1 saturated carbocycles. The van der Waals surface area contributed by atoms with Gasteiger partial charge >= 0.3 is 6.09 Å². The SMILES string of the molecule is CNC(=O)OC1CCCC1C(C#N)(c1ccccc1)C1CCN(CC2CN(c3ccc(C#N)cc3)C2)CC1. The average Bonchev–Trinajstić information content (AvgIpc) is 3.41. The van der Waals surface area contributed by atoms with Crippen molar-refractivity contribution < 1.29 is 9.53 Å². The maximum absolute atomic E-state index is 12.1. The van der Waals surface area contributed by atoms with Gasteiger partial charge in [-0.2, -0.15) is 10.5 Å². The fourth-order valence-electron chi connectivity index (χ4n) is 7.07. The van der Waals surface area contributed by atoms with Crippen LogP contribution in [0.1, 0.15) is 43.2 Å². The van der Waals surface area contributed by atoms with Crippen LogP contribution in [0.25, 0.3) is 0 Å². The van der Waals surface area contributed by atoms with Crippen LogP contribution in [0.5, 0.6) is 0 Å². The topological polar surface area (TPSA) is 92.4 Å². The Morgan fingerprint density at radius 1 is 1.03 bits per heavy atom. The molecule has 2 aromatic rings. The standard InChI is InChI=1S/C31H37N5O2/c1-34-30(37)38-29-9-5-8-28(29)31(22-33,25-6-3-2-4-7-25)26-14-16-35(17-15-26)19-24-20-36(21-24)27-12-10-23(18-32)11-13-27/h2-4,6-7,10-13,24,26,28-29H,5,8-9,14-17,19-21H2,1H3,(H,34,37). The van der Waals surface area contributed by atoms with Crippen LogP contribution < -0.4 is 10.2 Å². The van der Waals surface area contributed by atoms with Gasteiger partial charge < -0.3 is 19.9 Å². The van der Waals surface area contributed by atoms with E-state index in [-0.39, 0.29) is 17.9 Å². The first-order valence-corrected chi connectivity index (χ1v) is 13.9. The molecule has 1 amide bonds. The van der Waals surface area contributed by atoms with E-state index >= 15 is 0 Å². The highest BCUT2D eigenvalue weighted by Gasteiger charge is 2.53. The number of rotatable bonds is 7. The molecule has 3 aliphatic rings. The Hall–Kier alpha value is -3.55. The largest absolute Gasteiger partial charge is 0.446 e. The number of nitrogens with one attached hydrogen (secondary N) is 1. The number of alkyl carbamates (subject to hydrolysis) is 1. The highest BCUT2D eigenvalue weighted by atomic mass is 16.6. The molecule has 0 spiro atoms. The third-order valence-corrected chi connectivity index (χ3v) is 9.00. The van der Waals surface area contributed by atoms with Crippen molar-refractivity contribution in [3.63, 3.8) is 0 Å². The first kappa shape index (κ1) is 26.1. The lowest BCUT2D eigenvalue weighted by Gasteiger charge is -2.47. The molecule has 7 heteroatoms. The lowest BCUT2D eigenvalue weighted by molar-refractivity contribution is 0.0307. The first-order chi connectivity index (χ1) is 18.6. The number of carbonyl (C=O) groups is 1. The van der Waals surface area contributed by atoms with Gasteiger partial charge in [-0.1, -0.05) is 30.3 Å². The van der Waals surface area contributed by atoms with E-state index in [1.54, 1.807) is 7.05 Å². The van der Waals surface area contributed by atoms with Crippen LogP contribution >= 0.6 is 0 Å². The maximum Gasteiger partial charge on any atom is 0.407 e. The second-order valence-corrected chi connectivity index (χ2v) is 11.1. The Morgan fingerprint density at radius 3 is 2.37 bits per heavy atom. The smallest absolute Gasteiger partial charge is 0.407 e. The molecule has 3 fully saturated rings. The molecule has 1 N–H and O–H groups in total. The predicted octanol–water partition coefficient (Wildman–Crippen LogP) is 4.69. The lowest BCUT2D eigenvalue weighted by Crippen LogP contribution is -2.54. The summed E-state index contributed by atoms with van der Waals surface area (Å²) in [5.74, 6) is 0.857. The maximum atomic E-state index is 12.1. The highest BCUT2D eigenvalue weighted by Crippen LogP contribution is 2.51. The molecule has 38 heavy (non-hydrogen) atoms. The third kappa shape index (κ3) is 5.08. The summed E-state index contributed by atoms with van der Waals surface area (Å²) in [5.41, 5.74) is 2.29. The number of hydrogen-bond donors (Lipinski definition) is 1. The van der Waals surface area contributed by atoms with Crippen LogP contribution in [0, 0.1) is 40.4 Å². The summed E-state index contributed by atoms with van der Waals surface area (Å²) in [6.07, 6.45) is 3.97. The van der Waals surface area contributed by atoms with Crippen molar-refractivity contribution in [2.24, 2.45) is 17.8 Å². The molecule has 2 aromatic carbocycles. The van der Waals surface area contributed by atoms with E-state index in [4.69, 9.17) is 10.00 Å². The summed E-state index contributed by atoms with van der Waals surface area (Å²) in [6.45, 7) is 5.14. The number of hydrogen-bond acceptors (Lipinski definition) is 6. The second-order valence-electron chi connectivity index (χ2n) is 11.1. The Bertz CT molecular complexity index is 1170. The summed E-state index contributed by atoms with van der Waals surface area (Å²) < 4.78 is 5.82. The van der Waals surface area contributed by atoms with Crippen molar-refractivity contribution in [2.75, 3.05) is 44.7 Å². The van der Waals surface area contributed by atoms with Crippen molar-refractivity contribution in [2.45, 2.75) is 43.6 Å². The van der Waals surface area contributed by atoms with Gasteiger partial charge in [-0.15, -0.1) is 0 Å². The molecular formula is C31H37N5O2. The van der Waals surface area contributed by atoms with Crippen molar-refractivity contribution in [1.82, 2.24) is 10.2 Å². The molecular weight excluding hydrogens is 474 g/mol. The number of anilines is 1.